The van der Waals surface area contributed by atoms with E-state index in [0.29, 0.717) is 0 Å². The molecule has 20 heavy (non-hydrogen) atoms. The van der Waals surface area contributed by atoms with Crippen LogP contribution in [-0.4, -0.2) is 10.9 Å². The van der Waals surface area contributed by atoms with Crippen molar-refractivity contribution < 1.29 is 4.79 Å². The molecule has 0 spiro atoms. The summed E-state index contributed by atoms with van der Waals surface area (Å²) in [6, 6.07) is 9.63. The number of amides is 1. The van der Waals surface area contributed by atoms with Crippen LogP contribution in [0.25, 0.3) is 23.4 Å². The SMILES string of the molecule is NC(=O)c1ncccc1-c1ccc2c(c1)=CNC=CC=2. The average Bonchev–Trinajstić information content (AvgIpc) is 2.71. The molecule has 0 saturated heterocycles. The lowest BCUT2D eigenvalue weighted by atomic mass is 10.0. The van der Waals surface area contributed by atoms with Gasteiger partial charge in [-0.15, -0.1) is 0 Å². The third kappa shape index (κ3) is 2.19. The molecule has 3 rings (SSSR count). The summed E-state index contributed by atoms with van der Waals surface area (Å²) in [5, 5.41) is 5.23. The predicted octanol–water partition coefficient (Wildman–Crippen LogP) is 0.483. The summed E-state index contributed by atoms with van der Waals surface area (Å²) in [7, 11) is 0. The number of carbonyl (C=O) groups excluding carboxylic acids is 1. The first-order valence-corrected chi connectivity index (χ1v) is 6.24. The number of carbonyl (C=O) groups is 1. The number of benzene rings is 1. The Labute approximate surface area is 116 Å². The third-order valence-electron chi connectivity index (χ3n) is 3.15. The Balaban J connectivity index is 2.21. The fraction of sp³-hybridized carbons (Fsp3) is 0. The van der Waals surface area contributed by atoms with Crippen LogP contribution in [0.15, 0.2) is 48.8 Å². The summed E-state index contributed by atoms with van der Waals surface area (Å²) in [6.45, 7) is 0. The van der Waals surface area contributed by atoms with Gasteiger partial charge in [0.1, 0.15) is 5.69 Å². The van der Waals surface area contributed by atoms with Crippen LogP contribution in [0.5, 0.6) is 0 Å². The molecule has 1 aliphatic rings. The van der Waals surface area contributed by atoms with Crippen LogP contribution < -0.4 is 21.5 Å². The fourth-order valence-electron chi connectivity index (χ4n) is 2.20. The van der Waals surface area contributed by atoms with Crippen LogP contribution in [0, 0.1) is 0 Å². The molecule has 0 aliphatic carbocycles. The van der Waals surface area contributed by atoms with E-state index in [1.54, 1.807) is 12.3 Å². The molecule has 0 unspecified atom stereocenters. The number of nitrogens with two attached hydrogens (primary N) is 1. The molecular weight excluding hydrogens is 250 g/mol. The highest BCUT2D eigenvalue weighted by molar-refractivity contribution is 5.97. The zero-order valence-corrected chi connectivity index (χ0v) is 10.7. The molecule has 0 bridgehead atoms. The Kier molecular flexibility index (Phi) is 3.05. The first kappa shape index (κ1) is 12.2. The summed E-state index contributed by atoms with van der Waals surface area (Å²) >= 11 is 0. The smallest absolute Gasteiger partial charge is 0.267 e. The lowest BCUT2D eigenvalue weighted by molar-refractivity contribution is 0.0996. The van der Waals surface area contributed by atoms with Crippen molar-refractivity contribution in [1.82, 2.24) is 10.3 Å². The van der Waals surface area contributed by atoms with Crippen molar-refractivity contribution in [2.45, 2.75) is 0 Å². The van der Waals surface area contributed by atoms with Gasteiger partial charge in [0, 0.05) is 24.2 Å². The standard InChI is InChI=1S/C16H13N3O/c17-16(20)15-14(4-2-8-19-15)12-6-5-11-3-1-7-18-10-13(11)9-12/h1-10,18H,(H2,17,20). The Morgan fingerprint density at radius 2 is 2.10 bits per heavy atom. The Morgan fingerprint density at radius 3 is 2.95 bits per heavy atom. The quantitative estimate of drug-likeness (QED) is 0.828. The van der Waals surface area contributed by atoms with Crippen LogP contribution in [0.4, 0.5) is 0 Å². The van der Waals surface area contributed by atoms with Crippen molar-refractivity contribution in [3.05, 3.63) is 64.9 Å². The van der Waals surface area contributed by atoms with E-state index in [-0.39, 0.29) is 5.69 Å². The number of rotatable bonds is 2. The highest BCUT2D eigenvalue weighted by atomic mass is 16.1. The molecule has 1 amide bonds. The van der Waals surface area contributed by atoms with Crippen molar-refractivity contribution in [1.29, 1.82) is 0 Å². The maximum atomic E-state index is 11.5. The topological polar surface area (TPSA) is 68.0 Å². The highest BCUT2D eigenvalue weighted by Crippen LogP contribution is 2.19. The predicted molar refractivity (Wildman–Crippen MR) is 78.6 cm³/mol. The van der Waals surface area contributed by atoms with E-state index in [4.69, 9.17) is 5.73 Å². The molecule has 3 N–H and O–H groups in total. The second-order valence-corrected chi connectivity index (χ2v) is 4.44. The number of hydrogen-bond acceptors (Lipinski definition) is 3. The van der Waals surface area contributed by atoms with E-state index in [0.717, 1.165) is 21.6 Å². The van der Waals surface area contributed by atoms with E-state index in [2.05, 4.69) is 10.3 Å². The number of allylic oxidation sites excluding steroid dienone is 1. The molecule has 0 atom stereocenters. The van der Waals surface area contributed by atoms with E-state index in [1.165, 1.54) is 0 Å². The molecule has 2 heterocycles. The van der Waals surface area contributed by atoms with Gasteiger partial charge in [0.25, 0.3) is 5.91 Å². The number of nitrogens with one attached hydrogen (secondary N) is 1. The van der Waals surface area contributed by atoms with Crippen LogP contribution in [0.1, 0.15) is 10.5 Å². The fourth-order valence-corrected chi connectivity index (χ4v) is 2.20. The first-order chi connectivity index (χ1) is 9.75. The van der Waals surface area contributed by atoms with Crippen LogP contribution in [0.3, 0.4) is 0 Å². The van der Waals surface area contributed by atoms with Crippen molar-refractivity contribution in [3.8, 4) is 11.1 Å². The lowest BCUT2D eigenvalue weighted by Crippen LogP contribution is -2.25. The maximum absolute atomic E-state index is 11.5. The second kappa shape index (κ2) is 5.01. The zero-order chi connectivity index (χ0) is 13.9. The summed E-state index contributed by atoms with van der Waals surface area (Å²) in [4.78, 5) is 15.5. The largest absolute Gasteiger partial charge is 0.367 e. The Hall–Kier alpha value is -2.88. The van der Waals surface area contributed by atoms with E-state index in [9.17, 15) is 4.79 Å². The van der Waals surface area contributed by atoms with Crippen molar-refractivity contribution in [3.63, 3.8) is 0 Å². The summed E-state index contributed by atoms with van der Waals surface area (Å²) < 4.78 is 0. The minimum atomic E-state index is -0.522. The number of hydrogen-bond donors (Lipinski definition) is 2. The van der Waals surface area contributed by atoms with Crippen molar-refractivity contribution in [2.24, 2.45) is 5.73 Å². The number of fused-ring (bicyclic) bond motifs is 1. The molecule has 0 fully saturated rings. The van der Waals surface area contributed by atoms with Gasteiger partial charge >= 0.3 is 0 Å². The molecule has 1 aromatic heterocycles. The van der Waals surface area contributed by atoms with Crippen LogP contribution >= 0.6 is 0 Å². The van der Waals surface area contributed by atoms with Gasteiger partial charge in [-0.05, 0) is 34.2 Å². The number of pyridine rings is 1. The molecular formula is C16H13N3O. The molecule has 2 aromatic rings. The van der Waals surface area contributed by atoms with Crippen molar-refractivity contribution >= 4 is 18.2 Å². The summed E-state index contributed by atoms with van der Waals surface area (Å²) in [5.41, 5.74) is 7.32. The van der Waals surface area contributed by atoms with Gasteiger partial charge < -0.3 is 11.1 Å². The second-order valence-electron chi connectivity index (χ2n) is 4.44. The van der Waals surface area contributed by atoms with E-state index >= 15 is 0 Å². The normalized spacial score (nSPS) is 12.4. The molecule has 1 aromatic carbocycles. The Morgan fingerprint density at radius 1 is 1.20 bits per heavy atom. The maximum Gasteiger partial charge on any atom is 0.267 e. The van der Waals surface area contributed by atoms with Gasteiger partial charge in [-0.25, -0.2) is 0 Å². The number of aromatic nitrogens is 1. The summed E-state index contributed by atoms with van der Waals surface area (Å²) in [5.74, 6) is -0.522. The van der Waals surface area contributed by atoms with E-state index in [1.807, 2.05) is 48.8 Å². The van der Waals surface area contributed by atoms with Crippen LogP contribution in [-0.2, 0) is 0 Å². The van der Waals surface area contributed by atoms with Gasteiger partial charge in [-0.1, -0.05) is 24.3 Å². The number of nitrogens with zero attached hydrogens (tertiary/aromatic N) is 1. The molecule has 1 aliphatic heterocycles. The van der Waals surface area contributed by atoms with E-state index < -0.39 is 5.91 Å². The minimum absolute atomic E-state index is 0.288. The zero-order valence-electron chi connectivity index (χ0n) is 10.7. The van der Waals surface area contributed by atoms with Gasteiger partial charge in [-0.3, -0.25) is 9.78 Å². The lowest BCUT2D eigenvalue weighted by Gasteiger charge is -2.06. The van der Waals surface area contributed by atoms with Gasteiger partial charge in [0.2, 0.25) is 0 Å². The molecule has 0 saturated carbocycles. The molecule has 4 heteroatoms. The van der Waals surface area contributed by atoms with Gasteiger partial charge in [0.15, 0.2) is 0 Å². The van der Waals surface area contributed by atoms with Gasteiger partial charge in [0.05, 0.1) is 0 Å². The molecule has 4 nitrogen and oxygen atoms in total. The van der Waals surface area contributed by atoms with Crippen LogP contribution in [0.2, 0.25) is 0 Å². The third-order valence-corrected chi connectivity index (χ3v) is 3.15. The monoisotopic (exact) mass is 263 g/mol. The minimum Gasteiger partial charge on any atom is -0.367 e. The number of primary amides is 1. The Bertz CT molecular complexity index is 822. The highest BCUT2D eigenvalue weighted by Gasteiger charge is 2.10. The first-order valence-electron chi connectivity index (χ1n) is 6.24. The summed E-state index contributed by atoms with van der Waals surface area (Å²) in [6.07, 6.45) is 9.31. The van der Waals surface area contributed by atoms with Gasteiger partial charge in [-0.2, -0.15) is 0 Å². The molecule has 98 valence electrons. The molecule has 0 radical (unpaired) electrons. The average molecular weight is 263 g/mol. The van der Waals surface area contributed by atoms with Crippen molar-refractivity contribution in [2.75, 3.05) is 0 Å².